The number of sulfonamides is 1. The first kappa shape index (κ1) is 12.5. The summed E-state index contributed by atoms with van der Waals surface area (Å²) in [6, 6.07) is 4.08. The first-order valence-electron chi connectivity index (χ1n) is 5.08. The summed E-state index contributed by atoms with van der Waals surface area (Å²) in [5.74, 6) is -0.386. The summed E-state index contributed by atoms with van der Waals surface area (Å²) in [5.41, 5.74) is 0.300. The summed E-state index contributed by atoms with van der Waals surface area (Å²) in [4.78, 5) is 24.1. The summed E-state index contributed by atoms with van der Waals surface area (Å²) in [6.45, 7) is 1.57. The molecule has 0 radical (unpaired) electrons. The molecule has 1 aromatic rings. The molecule has 0 bridgehead atoms. The Balaban J connectivity index is 2.36. The molecule has 3 amide bonds. The number of hydrogen-bond acceptors (Lipinski definition) is 4. The van der Waals surface area contributed by atoms with Crippen molar-refractivity contribution >= 4 is 27.6 Å². The SMILES string of the molecule is CC1NC(=O)N(c2ccc(S(N)(=O)=O)cc2)C1=O. The van der Waals surface area contributed by atoms with Crippen molar-refractivity contribution in [3.63, 3.8) is 0 Å². The Morgan fingerprint density at radius 3 is 2.17 bits per heavy atom. The van der Waals surface area contributed by atoms with Crippen LogP contribution >= 0.6 is 0 Å². The molecule has 1 aliphatic rings. The molecule has 1 fully saturated rings. The first-order valence-corrected chi connectivity index (χ1v) is 6.62. The molecule has 1 aromatic carbocycles. The van der Waals surface area contributed by atoms with E-state index in [1.54, 1.807) is 6.92 Å². The zero-order valence-electron chi connectivity index (χ0n) is 9.45. The summed E-state index contributed by atoms with van der Waals surface area (Å²) >= 11 is 0. The molecule has 0 aromatic heterocycles. The van der Waals surface area contributed by atoms with Crippen LogP contribution in [0.15, 0.2) is 29.2 Å². The number of hydrogen-bond donors (Lipinski definition) is 2. The highest BCUT2D eigenvalue weighted by Gasteiger charge is 2.36. The van der Waals surface area contributed by atoms with Crippen molar-refractivity contribution in [3.05, 3.63) is 24.3 Å². The number of carbonyl (C=O) groups excluding carboxylic acids is 2. The van der Waals surface area contributed by atoms with Crippen LogP contribution in [-0.2, 0) is 14.8 Å². The van der Waals surface area contributed by atoms with E-state index in [9.17, 15) is 18.0 Å². The Morgan fingerprint density at radius 1 is 1.22 bits per heavy atom. The molecule has 0 aliphatic carbocycles. The Kier molecular flexibility index (Phi) is 2.83. The predicted octanol–water partition coefficient (Wildman–Crippen LogP) is -0.221. The molecule has 1 unspecified atom stereocenters. The fraction of sp³-hybridized carbons (Fsp3) is 0.200. The molecule has 0 saturated carbocycles. The molecule has 7 nitrogen and oxygen atoms in total. The molecular formula is C10H11N3O4S. The quantitative estimate of drug-likeness (QED) is 0.723. The van der Waals surface area contributed by atoms with Crippen molar-refractivity contribution in [1.29, 1.82) is 0 Å². The molecular weight excluding hydrogens is 258 g/mol. The van der Waals surface area contributed by atoms with Crippen LogP contribution in [0.3, 0.4) is 0 Å². The van der Waals surface area contributed by atoms with Gasteiger partial charge in [-0.1, -0.05) is 0 Å². The van der Waals surface area contributed by atoms with E-state index in [2.05, 4.69) is 5.32 Å². The van der Waals surface area contributed by atoms with E-state index >= 15 is 0 Å². The van der Waals surface area contributed by atoms with Crippen LogP contribution in [0, 0.1) is 0 Å². The van der Waals surface area contributed by atoms with Gasteiger partial charge >= 0.3 is 6.03 Å². The van der Waals surface area contributed by atoms with Crippen LogP contribution in [-0.4, -0.2) is 26.4 Å². The Labute approximate surface area is 104 Å². The third-order valence-electron chi connectivity index (χ3n) is 2.56. The van der Waals surface area contributed by atoms with Gasteiger partial charge in [-0.05, 0) is 31.2 Å². The minimum atomic E-state index is -3.78. The van der Waals surface area contributed by atoms with E-state index in [4.69, 9.17) is 5.14 Å². The molecule has 1 atom stereocenters. The van der Waals surface area contributed by atoms with E-state index < -0.39 is 22.1 Å². The fourth-order valence-corrected chi connectivity index (χ4v) is 2.15. The van der Waals surface area contributed by atoms with Gasteiger partial charge in [0, 0.05) is 0 Å². The fourth-order valence-electron chi connectivity index (χ4n) is 1.63. The lowest BCUT2D eigenvalue weighted by Gasteiger charge is -2.12. The number of amides is 3. The van der Waals surface area contributed by atoms with Gasteiger partial charge in [-0.3, -0.25) is 4.79 Å². The standard InChI is InChI=1S/C10H11N3O4S/c1-6-9(14)13(10(15)12-6)7-2-4-8(5-3-7)18(11,16)17/h2-6H,1H3,(H,12,15)(H2,11,16,17). The molecule has 0 spiro atoms. The number of primary sulfonamides is 1. The second-order valence-electron chi connectivity index (χ2n) is 3.88. The summed E-state index contributed by atoms with van der Waals surface area (Å²) in [5, 5.41) is 7.40. The molecule has 1 saturated heterocycles. The second kappa shape index (κ2) is 4.07. The Hall–Kier alpha value is -1.93. The molecule has 96 valence electrons. The third-order valence-corrected chi connectivity index (χ3v) is 3.49. The maximum absolute atomic E-state index is 11.7. The summed E-state index contributed by atoms with van der Waals surface area (Å²) in [7, 11) is -3.78. The van der Waals surface area contributed by atoms with Gasteiger partial charge in [0.15, 0.2) is 0 Å². The number of imide groups is 1. The van der Waals surface area contributed by atoms with E-state index in [-0.39, 0.29) is 10.8 Å². The van der Waals surface area contributed by atoms with Gasteiger partial charge in [0.1, 0.15) is 6.04 Å². The van der Waals surface area contributed by atoms with Gasteiger partial charge in [0.05, 0.1) is 10.6 Å². The first-order chi connectivity index (χ1) is 8.30. The number of carbonyl (C=O) groups is 2. The number of nitrogens with zero attached hydrogens (tertiary/aromatic N) is 1. The maximum Gasteiger partial charge on any atom is 0.329 e. The topological polar surface area (TPSA) is 110 Å². The number of benzene rings is 1. The number of anilines is 1. The van der Waals surface area contributed by atoms with E-state index in [0.717, 1.165) is 4.90 Å². The maximum atomic E-state index is 11.7. The van der Waals surface area contributed by atoms with E-state index in [0.29, 0.717) is 5.69 Å². The molecule has 2 rings (SSSR count). The monoisotopic (exact) mass is 269 g/mol. The third kappa shape index (κ3) is 2.07. The van der Waals surface area contributed by atoms with Crippen molar-refractivity contribution in [2.24, 2.45) is 5.14 Å². The molecule has 18 heavy (non-hydrogen) atoms. The van der Waals surface area contributed by atoms with Gasteiger partial charge in [-0.15, -0.1) is 0 Å². The van der Waals surface area contributed by atoms with Crippen LogP contribution in [0.25, 0.3) is 0 Å². The molecule has 1 heterocycles. The van der Waals surface area contributed by atoms with Crippen LogP contribution in [0.5, 0.6) is 0 Å². The lowest BCUT2D eigenvalue weighted by Crippen LogP contribution is -2.30. The largest absolute Gasteiger partial charge is 0.329 e. The smallest absolute Gasteiger partial charge is 0.326 e. The highest BCUT2D eigenvalue weighted by molar-refractivity contribution is 7.89. The highest BCUT2D eigenvalue weighted by atomic mass is 32.2. The van der Waals surface area contributed by atoms with Gasteiger partial charge < -0.3 is 5.32 Å². The normalized spacial score (nSPS) is 20.1. The Bertz CT molecular complexity index is 609. The van der Waals surface area contributed by atoms with Gasteiger partial charge in [0.2, 0.25) is 10.0 Å². The van der Waals surface area contributed by atoms with E-state index in [1.165, 1.54) is 24.3 Å². The molecule has 3 N–H and O–H groups in total. The van der Waals surface area contributed by atoms with Gasteiger partial charge in [-0.25, -0.2) is 23.3 Å². The second-order valence-corrected chi connectivity index (χ2v) is 5.45. The number of nitrogens with two attached hydrogens (primary N) is 1. The number of urea groups is 1. The lowest BCUT2D eigenvalue weighted by atomic mass is 10.2. The average Bonchev–Trinajstić information content (AvgIpc) is 2.52. The summed E-state index contributed by atoms with van der Waals surface area (Å²) in [6.07, 6.45) is 0. The molecule has 1 aliphatic heterocycles. The molecule has 8 heteroatoms. The lowest BCUT2D eigenvalue weighted by molar-refractivity contribution is -0.117. The highest BCUT2D eigenvalue weighted by Crippen LogP contribution is 2.21. The number of rotatable bonds is 2. The van der Waals surface area contributed by atoms with Crippen molar-refractivity contribution in [2.75, 3.05) is 4.90 Å². The van der Waals surface area contributed by atoms with Crippen LogP contribution in [0.4, 0.5) is 10.5 Å². The van der Waals surface area contributed by atoms with Gasteiger partial charge in [0.25, 0.3) is 5.91 Å². The number of nitrogens with one attached hydrogen (secondary N) is 1. The minimum absolute atomic E-state index is 0.0775. The minimum Gasteiger partial charge on any atom is -0.326 e. The van der Waals surface area contributed by atoms with Gasteiger partial charge in [-0.2, -0.15) is 0 Å². The average molecular weight is 269 g/mol. The van der Waals surface area contributed by atoms with Crippen LogP contribution in [0.2, 0.25) is 0 Å². The van der Waals surface area contributed by atoms with Crippen molar-refractivity contribution in [3.8, 4) is 0 Å². The van der Waals surface area contributed by atoms with Crippen molar-refractivity contribution in [2.45, 2.75) is 17.9 Å². The van der Waals surface area contributed by atoms with E-state index in [1.807, 2.05) is 0 Å². The van der Waals surface area contributed by atoms with Crippen LogP contribution in [0.1, 0.15) is 6.92 Å². The summed E-state index contributed by atoms with van der Waals surface area (Å²) < 4.78 is 22.1. The van der Waals surface area contributed by atoms with Crippen LogP contribution < -0.4 is 15.4 Å². The predicted molar refractivity (Wildman–Crippen MR) is 63.3 cm³/mol. The van der Waals surface area contributed by atoms with Crippen molar-refractivity contribution < 1.29 is 18.0 Å². The van der Waals surface area contributed by atoms with Crippen molar-refractivity contribution in [1.82, 2.24) is 5.32 Å². The zero-order chi connectivity index (χ0) is 13.5. The Morgan fingerprint density at radius 2 is 1.78 bits per heavy atom. The zero-order valence-corrected chi connectivity index (χ0v) is 10.3.